The van der Waals surface area contributed by atoms with Crippen LogP contribution in [-0.2, 0) is 10.0 Å². The van der Waals surface area contributed by atoms with E-state index in [1.165, 1.54) is 17.2 Å². The van der Waals surface area contributed by atoms with Crippen LogP contribution in [0.5, 0.6) is 5.75 Å². The van der Waals surface area contributed by atoms with Crippen LogP contribution in [0.2, 0.25) is 0 Å². The molecule has 0 aromatic heterocycles. The second-order valence-corrected chi connectivity index (χ2v) is 10.6. The number of hydrogen-bond donors (Lipinski definition) is 2. The molecule has 1 aromatic carbocycles. The minimum absolute atomic E-state index is 0.0857. The number of ether oxygens (including phenoxy) is 1. The van der Waals surface area contributed by atoms with Gasteiger partial charge in [0.15, 0.2) is 0 Å². The van der Waals surface area contributed by atoms with Crippen molar-refractivity contribution in [2.24, 2.45) is 22.9 Å². The van der Waals surface area contributed by atoms with E-state index in [9.17, 15) is 13.5 Å². The average molecular weight is 445 g/mol. The molecule has 4 rings (SSSR count). The van der Waals surface area contributed by atoms with Crippen molar-refractivity contribution < 1.29 is 18.3 Å². The van der Waals surface area contributed by atoms with Crippen LogP contribution in [-0.4, -0.2) is 39.3 Å². The van der Waals surface area contributed by atoms with Crippen molar-refractivity contribution in [1.82, 2.24) is 0 Å². The van der Waals surface area contributed by atoms with Gasteiger partial charge in [-0.2, -0.15) is 0 Å². The maximum atomic E-state index is 12.0. The Morgan fingerprint density at radius 2 is 2.19 bits per heavy atom. The molecule has 7 heteroatoms. The van der Waals surface area contributed by atoms with Gasteiger partial charge in [-0.25, -0.2) is 13.6 Å². The highest BCUT2D eigenvalue weighted by Crippen LogP contribution is 2.42. The number of primary sulfonamides is 1. The lowest BCUT2D eigenvalue weighted by atomic mass is 9.70. The van der Waals surface area contributed by atoms with Gasteiger partial charge in [-0.05, 0) is 68.2 Å². The third-order valence-electron chi connectivity index (χ3n) is 7.01. The number of nitrogens with two attached hydrogens (primary N) is 1. The monoisotopic (exact) mass is 444 g/mol. The number of allylic oxidation sites excluding steroid dienone is 3. The lowest BCUT2D eigenvalue weighted by Crippen LogP contribution is -2.44. The Labute approximate surface area is 185 Å². The molecule has 1 fully saturated rings. The van der Waals surface area contributed by atoms with E-state index in [-0.39, 0.29) is 16.7 Å². The van der Waals surface area contributed by atoms with Gasteiger partial charge in [0.1, 0.15) is 5.75 Å². The smallest absolute Gasteiger partial charge is 0.238 e. The highest BCUT2D eigenvalue weighted by atomic mass is 32.2. The second kappa shape index (κ2) is 8.81. The first-order valence-corrected chi connectivity index (χ1v) is 12.5. The normalized spacial score (nSPS) is 27.1. The maximum absolute atomic E-state index is 12.0. The first-order chi connectivity index (χ1) is 14.8. The Bertz CT molecular complexity index is 1010. The summed E-state index contributed by atoms with van der Waals surface area (Å²) in [4.78, 5) is 2.32. The van der Waals surface area contributed by atoms with E-state index in [1.54, 1.807) is 18.2 Å². The van der Waals surface area contributed by atoms with Crippen LogP contribution in [0, 0.1) is 17.8 Å². The summed E-state index contributed by atoms with van der Waals surface area (Å²) in [7, 11) is -3.82. The summed E-state index contributed by atoms with van der Waals surface area (Å²) in [6.07, 6.45) is 9.65. The predicted molar refractivity (Wildman–Crippen MR) is 123 cm³/mol. The molecular weight excluding hydrogens is 412 g/mol. The molecule has 0 amide bonds. The van der Waals surface area contributed by atoms with Crippen molar-refractivity contribution in [3.8, 4) is 5.75 Å². The molecule has 1 saturated carbocycles. The van der Waals surface area contributed by atoms with Crippen LogP contribution in [0.25, 0.3) is 0 Å². The second-order valence-electron chi connectivity index (χ2n) is 8.99. The zero-order valence-corrected chi connectivity index (χ0v) is 18.9. The van der Waals surface area contributed by atoms with Gasteiger partial charge in [0.2, 0.25) is 10.0 Å². The molecule has 1 aliphatic heterocycles. The van der Waals surface area contributed by atoms with E-state index in [0.717, 1.165) is 44.5 Å². The fourth-order valence-electron chi connectivity index (χ4n) is 5.02. The molecule has 0 saturated heterocycles. The summed E-state index contributed by atoms with van der Waals surface area (Å²) in [6.45, 7) is 7.92. The number of fused-ring (bicyclic) bond motifs is 1. The number of aliphatic hydroxyl groups excluding tert-OH is 1. The first kappa shape index (κ1) is 22.1. The van der Waals surface area contributed by atoms with E-state index in [0.29, 0.717) is 18.3 Å². The summed E-state index contributed by atoms with van der Waals surface area (Å²) in [6, 6.07) is 4.84. The lowest BCUT2D eigenvalue weighted by molar-refractivity contribution is 0.0464. The van der Waals surface area contributed by atoms with E-state index >= 15 is 0 Å². The number of anilines is 1. The number of aliphatic hydroxyl groups is 1. The third kappa shape index (κ3) is 4.59. The first-order valence-electron chi connectivity index (χ1n) is 11.0. The Kier molecular flexibility index (Phi) is 6.28. The van der Waals surface area contributed by atoms with E-state index < -0.39 is 16.1 Å². The van der Waals surface area contributed by atoms with Crippen LogP contribution in [0.15, 0.2) is 59.0 Å². The summed E-state index contributed by atoms with van der Waals surface area (Å²) in [5.74, 6) is 1.35. The standard InChI is InChI=1S/C24H32N2O4S/c1-3-23(27)21-10-8-17(21)13-26-14-18(20-7-5-4-6-16(20)2)15-30-24-11-9-19(12-22(24)26)31(25,28)29/h3,5,7,9,11-12,17-18,21,23,27H,1,4,6,8,10,13-15H2,2H3,(H2,25,28,29)/t17-,18-,21+,23+/m0/s1. The molecule has 3 N–H and O–H groups in total. The molecule has 3 aliphatic rings. The predicted octanol–water partition coefficient (Wildman–Crippen LogP) is 3.39. The Morgan fingerprint density at radius 3 is 2.84 bits per heavy atom. The molecule has 168 valence electrons. The molecule has 0 radical (unpaired) electrons. The minimum Gasteiger partial charge on any atom is -0.491 e. The van der Waals surface area contributed by atoms with Crippen LogP contribution in [0.4, 0.5) is 5.69 Å². The molecule has 6 nitrogen and oxygen atoms in total. The highest BCUT2D eigenvalue weighted by molar-refractivity contribution is 7.89. The SMILES string of the molecule is C=C[C@@H](O)[C@@H]1CC[C@H]1CN1C[C@H](C2=C(C)CCC=C2)COc2ccc(S(N)(=O)=O)cc21. The molecule has 4 atom stereocenters. The molecule has 0 spiro atoms. The van der Waals surface area contributed by atoms with Gasteiger partial charge in [-0.3, -0.25) is 0 Å². The topological polar surface area (TPSA) is 92.9 Å². The Hall–Kier alpha value is -2.09. The third-order valence-corrected chi connectivity index (χ3v) is 7.92. The van der Waals surface area contributed by atoms with Crippen molar-refractivity contribution in [3.05, 3.63) is 54.2 Å². The van der Waals surface area contributed by atoms with Gasteiger partial charge in [-0.1, -0.05) is 23.8 Å². The molecule has 2 aliphatic carbocycles. The van der Waals surface area contributed by atoms with Gasteiger partial charge < -0.3 is 14.7 Å². The number of sulfonamides is 1. The van der Waals surface area contributed by atoms with Crippen LogP contribution in [0.1, 0.15) is 32.6 Å². The summed E-state index contributed by atoms with van der Waals surface area (Å²) in [5, 5.41) is 15.7. The zero-order chi connectivity index (χ0) is 22.2. The quantitative estimate of drug-likeness (QED) is 0.656. The maximum Gasteiger partial charge on any atom is 0.238 e. The van der Waals surface area contributed by atoms with Gasteiger partial charge in [0.05, 0.1) is 23.3 Å². The molecule has 0 unspecified atom stereocenters. The number of nitrogens with zero attached hydrogens (tertiary/aromatic N) is 1. The summed E-state index contributed by atoms with van der Waals surface area (Å²) >= 11 is 0. The average Bonchev–Trinajstić information content (AvgIpc) is 2.90. The summed E-state index contributed by atoms with van der Waals surface area (Å²) in [5.41, 5.74) is 3.45. The minimum atomic E-state index is -3.82. The molecule has 1 heterocycles. The van der Waals surface area contributed by atoms with Crippen molar-refractivity contribution in [3.63, 3.8) is 0 Å². The van der Waals surface area contributed by atoms with Gasteiger partial charge in [0, 0.05) is 19.0 Å². The van der Waals surface area contributed by atoms with E-state index in [1.807, 2.05) is 0 Å². The molecule has 31 heavy (non-hydrogen) atoms. The summed E-state index contributed by atoms with van der Waals surface area (Å²) < 4.78 is 30.2. The Morgan fingerprint density at radius 1 is 1.39 bits per heavy atom. The molecule has 1 aromatic rings. The largest absolute Gasteiger partial charge is 0.491 e. The van der Waals surface area contributed by atoms with Crippen molar-refractivity contribution in [2.45, 2.75) is 43.6 Å². The van der Waals surface area contributed by atoms with Crippen molar-refractivity contribution in [1.29, 1.82) is 0 Å². The van der Waals surface area contributed by atoms with E-state index in [2.05, 4.69) is 30.6 Å². The van der Waals surface area contributed by atoms with Crippen molar-refractivity contribution >= 4 is 15.7 Å². The highest BCUT2D eigenvalue weighted by Gasteiger charge is 2.38. The number of hydrogen-bond acceptors (Lipinski definition) is 5. The molecule has 0 bridgehead atoms. The van der Waals surface area contributed by atoms with E-state index in [4.69, 9.17) is 9.88 Å². The van der Waals surface area contributed by atoms with Crippen LogP contribution in [0.3, 0.4) is 0 Å². The van der Waals surface area contributed by atoms with Gasteiger partial charge in [-0.15, -0.1) is 6.58 Å². The van der Waals surface area contributed by atoms with Crippen molar-refractivity contribution in [2.75, 3.05) is 24.6 Å². The number of rotatable bonds is 6. The van der Waals surface area contributed by atoms with Crippen LogP contribution < -0.4 is 14.8 Å². The van der Waals surface area contributed by atoms with Gasteiger partial charge in [0.25, 0.3) is 0 Å². The fraction of sp³-hybridized carbons (Fsp3) is 0.500. The Balaban J connectivity index is 1.68. The number of benzene rings is 1. The van der Waals surface area contributed by atoms with Crippen LogP contribution >= 0.6 is 0 Å². The fourth-order valence-corrected chi connectivity index (χ4v) is 5.56. The van der Waals surface area contributed by atoms with Gasteiger partial charge >= 0.3 is 0 Å². The zero-order valence-electron chi connectivity index (χ0n) is 18.0. The molecular formula is C24H32N2O4S. The lowest BCUT2D eigenvalue weighted by Gasteiger charge is -2.42.